The fraction of sp³-hybridized carbons (Fsp3) is 0.556. The monoisotopic (exact) mass is 371 g/mol. The molecule has 0 radical (unpaired) electrons. The first-order chi connectivity index (χ1) is 13.2. The molecular weight excluding hydrogens is 342 g/mol. The van der Waals surface area contributed by atoms with Gasteiger partial charge in [-0.15, -0.1) is 0 Å². The summed E-state index contributed by atoms with van der Waals surface area (Å²) in [7, 11) is 4.04. The molecule has 0 aliphatic carbocycles. The Kier molecular flexibility index (Phi) is 6.59. The second kappa shape index (κ2) is 9.31. The lowest BCUT2D eigenvalue weighted by Gasteiger charge is -2.33. The minimum absolute atomic E-state index is 0.572. The van der Waals surface area contributed by atoms with Gasteiger partial charge >= 0.3 is 0 Å². The van der Waals surface area contributed by atoms with Crippen molar-refractivity contribution >= 4 is 11.8 Å². The van der Waals surface area contributed by atoms with E-state index in [0.29, 0.717) is 13.1 Å². The highest BCUT2D eigenvalue weighted by Crippen LogP contribution is 2.14. The number of hydrogen-bond donors (Lipinski definition) is 2. The summed E-state index contributed by atoms with van der Waals surface area (Å²) in [5.41, 5.74) is 1.09. The van der Waals surface area contributed by atoms with Crippen LogP contribution >= 0.6 is 0 Å². The number of guanidine groups is 1. The van der Waals surface area contributed by atoms with E-state index in [2.05, 4.69) is 59.7 Å². The van der Waals surface area contributed by atoms with Crippen LogP contribution in [0.15, 0.2) is 29.6 Å². The van der Waals surface area contributed by atoms with E-state index < -0.39 is 0 Å². The van der Waals surface area contributed by atoms with Crippen molar-refractivity contribution in [3.8, 4) is 0 Å². The van der Waals surface area contributed by atoms with Crippen molar-refractivity contribution in [1.29, 1.82) is 0 Å². The minimum Gasteiger partial charge on any atom is -0.357 e. The fourth-order valence-corrected chi connectivity index (χ4v) is 2.89. The highest BCUT2D eigenvalue weighted by atomic mass is 15.3. The molecule has 2 aromatic rings. The summed E-state index contributed by atoms with van der Waals surface area (Å²) in [4.78, 5) is 18.2. The largest absolute Gasteiger partial charge is 0.357 e. The van der Waals surface area contributed by atoms with Crippen LogP contribution in [0.3, 0.4) is 0 Å². The molecule has 9 heteroatoms. The Bertz CT molecular complexity index is 730. The molecule has 1 aliphatic heterocycles. The van der Waals surface area contributed by atoms with Crippen LogP contribution in [0.2, 0.25) is 0 Å². The van der Waals surface area contributed by atoms with Gasteiger partial charge in [-0.2, -0.15) is 5.10 Å². The zero-order valence-corrected chi connectivity index (χ0v) is 16.4. The first-order valence-electron chi connectivity index (χ1n) is 9.39. The van der Waals surface area contributed by atoms with E-state index in [9.17, 15) is 0 Å². The quantitative estimate of drug-likeness (QED) is 0.555. The lowest BCUT2D eigenvalue weighted by atomic mass is 10.2. The van der Waals surface area contributed by atoms with Crippen LogP contribution in [0.1, 0.15) is 18.3 Å². The first kappa shape index (κ1) is 19.1. The summed E-state index contributed by atoms with van der Waals surface area (Å²) in [6.45, 7) is 8.20. The molecular formula is C18H29N9. The lowest BCUT2D eigenvalue weighted by Crippen LogP contribution is -2.44. The predicted octanol–water partition coefficient (Wildman–Crippen LogP) is 0.217. The molecule has 0 bridgehead atoms. The van der Waals surface area contributed by atoms with Crippen LogP contribution < -0.4 is 15.5 Å². The number of likely N-dealkylation sites (N-methyl/N-ethyl adjacent to an activating group) is 1. The summed E-state index contributed by atoms with van der Waals surface area (Å²) >= 11 is 0. The second-order valence-electron chi connectivity index (χ2n) is 6.66. The number of rotatable bonds is 6. The van der Waals surface area contributed by atoms with Crippen molar-refractivity contribution in [2.45, 2.75) is 20.0 Å². The average molecular weight is 371 g/mol. The van der Waals surface area contributed by atoms with E-state index in [1.165, 1.54) is 0 Å². The Labute approximate surface area is 160 Å². The van der Waals surface area contributed by atoms with Gasteiger partial charge in [-0.1, -0.05) is 6.07 Å². The molecule has 0 aromatic carbocycles. The third-order valence-electron chi connectivity index (χ3n) is 4.62. The second-order valence-corrected chi connectivity index (χ2v) is 6.66. The van der Waals surface area contributed by atoms with Crippen LogP contribution in [0.5, 0.6) is 0 Å². The number of anilines is 1. The standard InChI is InChI=1S/C18H29N9/c1-4-19-18(22-13-17-23-14-24-26(17)3)21-12-15-5-6-16(20-11-15)27-9-7-25(2)8-10-27/h5-6,11,14H,4,7-10,12-13H2,1-3H3,(H2,19,21,22). The Hall–Kier alpha value is -2.68. The van der Waals surface area contributed by atoms with Gasteiger partial charge < -0.3 is 20.4 Å². The molecule has 1 fully saturated rings. The van der Waals surface area contributed by atoms with Gasteiger partial charge in [0, 0.05) is 46.0 Å². The summed E-state index contributed by atoms with van der Waals surface area (Å²) in [5.74, 6) is 2.66. The Morgan fingerprint density at radius 1 is 1.11 bits per heavy atom. The Morgan fingerprint density at radius 3 is 2.56 bits per heavy atom. The number of nitrogens with zero attached hydrogens (tertiary/aromatic N) is 7. The molecule has 2 N–H and O–H groups in total. The van der Waals surface area contributed by atoms with E-state index in [0.717, 1.165) is 55.9 Å². The van der Waals surface area contributed by atoms with Gasteiger partial charge in [0.15, 0.2) is 5.96 Å². The Morgan fingerprint density at radius 2 is 1.93 bits per heavy atom. The van der Waals surface area contributed by atoms with Gasteiger partial charge in [-0.3, -0.25) is 4.68 Å². The number of pyridine rings is 1. The minimum atomic E-state index is 0.572. The molecule has 2 aromatic heterocycles. The molecule has 0 amide bonds. The van der Waals surface area contributed by atoms with E-state index in [4.69, 9.17) is 0 Å². The van der Waals surface area contributed by atoms with Gasteiger partial charge in [0.1, 0.15) is 18.0 Å². The number of nitrogens with one attached hydrogen (secondary N) is 2. The summed E-state index contributed by atoms with van der Waals surface area (Å²) in [6, 6.07) is 4.20. The summed E-state index contributed by atoms with van der Waals surface area (Å²) < 4.78 is 1.75. The number of aliphatic imine (C=N–C) groups is 1. The van der Waals surface area contributed by atoms with E-state index in [1.54, 1.807) is 11.0 Å². The predicted molar refractivity (Wildman–Crippen MR) is 107 cm³/mol. The SMILES string of the molecule is CCNC(=NCc1ccc(N2CCN(C)CC2)nc1)NCc1ncnn1C. The first-order valence-corrected chi connectivity index (χ1v) is 9.39. The zero-order chi connectivity index (χ0) is 19.1. The highest BCUT2D eigenvalue weighted by molar-refractivity contribution is 5.79. The fourth-order valence-electron chi connectivity index (χ4n) is 2.89. The van der Waals surface area contributed by atoms with Crippen LogP contribution in [0, 0.1) is 0 Å². The molecule has 1 aliphatic rings. The molecule has 1 saturated heterocycles. The van der Waals surface area contributed by atoms with Crippen LogP contribution in [-0.4, -0.2) is 70.4 Å². The molecule has 9 nitrogen and oxygen atoms in total. The van der Waals surface area contributed by atoms with Gasteiger partial charge in [0.05, 0.1) is 13.1 Å². The van der Waals surface area contributed by atoms with E-state index in [-0.39, 0.29) is 0 Å². The van der Waals surface area contributed by atoms with E-state index >= 15 is 0 Å². The highest BCUT2D eigenvalue weighted by Gasteiger charge is 2.14. The summed E-state index contributed by atoms with van der Waals surface area (Å²) in [5, 5.41) is 10.6. The Balaban J connectivity index is 1.56. The van der Waals surface area contributed by atoms with Crippen molar-refractivity contribution in [3.63, 3.8) is 0 Å². The molecule has 27 heavy (non-hydrogen) atoms. The van der Waals surface area contributed by atoms with Crippen LogP contribution in [-0.2, 0) is 20.1 Å². The third-order valence-corrected chi connectivity index (χ3v) is 4.62. The van der Waals surface area contributed by atoms with Crippen molar-refractivity contribution in [3.05, 3.63) is 36.0 Å². The van der Waals surface area contributed by atoms with Gasteiger partial charge in [0.2, 0.25) is 0 Å². The maximum absolute atomic E-state index is 4.64. The van der Waals surface area contributed by atoms with Crippen molar-refractivity contribution < 1.29 is 0 Å². The molecule has 3 rings (SSSR count). The molecule has 3 heterocycles. The number of piperazine rings is 1. The van der Waals surface area contributed by atoms with Gasteiger partial charge in [-0.05, 0) is 25.6 Å². The van der Waals surface area contributed by atoms with Crippen LogP contribution in [0.4, 0.5) is 5.82 Å². The van der Waals surface area contributed by atoms with Gasteiger partial charge in [0.25, 0.3) is 0 Å². The number of aromatic nitrogens is 4. The van der Waals surface area contributed by atoms with Crippen LogP contribution in [0.25, 0.3) is 0 Å². The third kappa shape index (κ3) is 5.40. The molecule has 0 spiro atoms. The maximum atomic E-state index is 4.64. The molecule has 0 atom stereocenters. The van der Waals surface area contributed by atoms with Crippen molar-refractivity contribution in [2.75, 3.05) is 44.7 Å². The lowest BCUT2D eigenvalue weighted by molar-refractivity contribution is 0.312. The van der Waals surface area contributed by atoms with Gasteiger partial charge in [-0.25, -0.2) is 15.0 Å². The van der Waals surface area contributed by atoms with Crippen molar-refractivity contribution in [2.24, 2.45) is 12.0 Å². The maximum Gasteiger partial charge on any atom is 0.191 e. The van der Waals surface area contributed by atoms with E-state index in [1.807, 2.05) is 20.2 Å². The summed E-state index contributed by atoms with van der Waals surface area (Å²) in [6.07, 6.45) is 3.47. The number of hydrogen-bond acceptors (Lipinski definition) is 6. The van der Waals surface area contributed by atoms with Crippen molar-refractivity contribution in [1.82, 2.24) is 35.3 Å². The molecule has 0 saturated carbocycles. The average Bonchev–Trinajstić information content (AvgIpc) is 3.10. The normalized spacial score (nSPS) is 15.8. The number of aryl methyl sites for hydroxylation is 1. The molecule has 146 valence electrons. The molecule has 0 unspecified atom stereocenters. The topological polar surface area (TPSA) is 86.5 Å². The smallest absolute Gasteiger partial charge is 0.191 e. The zero-order valence-electron chi connectivity index (χ0n) is 16.4.